The first-order valence-electron chi connectivity index (χ1n) is 0.936. The van der Waals surface area contributed by atoms with Gasteiger partial charge in [-0.15, -0.1) is 0 Å². The quantitative estimate of drug-likeness (QED) is 0.377. The summed E-state index contributed by atoms with van der Waals surface area (Å²) >= 11 is 1.25. The summed E-state index contributed by atoms with van der Waals surface area (Å²) in [5, 5.41) is 0. The van der Waals surface area contributed by atoms with Crippen LogP contribution >= 0.6 is 0 Å². The molecule has 0 heterocycles. The first kappa shape index (κ1) is 8.96. The van der Waals surface area contributed by atoms with Gasteiger partial charge in [0.05, 0.1) is 0 Å². The fraction of sp³-hybridized carbons (Fsp3) is 0. The topological polar surface area (TPSA) is 0 Å². The molecule has 0 spiro atoms. The van der Waals surface area contributed by atoms with Gasteiger partial charge in [-0.25, -0.2) is 19.6 Å². The standard InChI is InChI=1S/C3H5.FH.Pd/c1-3-2;;/h3H,1-2H2;1H;/q-1;;+2/p-1. The van der Waals surface area contributed by atoms with E-state index in [0.29, 0.717) is 0 Å². The summed E-state index contributed by atoms with van der Waals surface area (Å²) in [7, 11) is 0. The van der Waals surface area contributed by atoms with Gasteiger partial charge in [-0.1, -0.05) is 0 Å². The summed E-state index contributed by atoms with van der Waals surface area (Å²) < 4.78 is 9.35. The van der Waals surface area contributed by atoms with Crippen LogP contribution in [0.4, 0.5) is 3.22 Å². The summed E-state index contributed by atoms with van der Waals surface area (Å²) in [4.78, 5) is 0. The molecule has 0 nitrogen and oxygen atoms in total. The van der Waals surface area contributed by atoms with Gasteiger partial charge in [0.15, 0.2) is 0 Å². The predicted octanol–water partition coefficient (Wildman–Crippen LogP) is 1.42. The molecular weight excluding hydrogens is 161 g/mol. The van der Waals surface area contributed by atoms with Crippen LogP contribution in [0.1, 0.15) is 0 Å². The number of hydrogen-bond acceptors (Lipinski definition) is 0. The van der Waals surface area contributed by atoms with Gasteiger partial charge in [0, 0.05) is 0 Å². The molecule has 0 aliphatic carbocycles. The van der Waals surface area contributed by atoms with Crippen molar-refractivity contribution < 1.29 is 22.9 Å². The van der Waals surface area contributed by atoms with Gasteiger partial charge >= 0.3 is 22.9 Å². The van der Waals surface area contributed by atoms with Crippen molar-refractivity contribution in [1.82, 2.24) is 0 Å². The van der Waals surface area contributed by atoms with E-state index in [1.165, 1.54) is 25.8 Å². The molecule has 0 saturated carbocycles. The normalized spacial score (nSPS) is 3.80. The molecule has 0 atom stereocenters. The zero-order valence-electron chi connectivity index (χ0n) is 2.69. The third kappa shape index (κ3) is 498. The molecule has 2 heteroatoms. The number of allylic oxidation sites excluding steroid dienone is 1. The Morgan fingerprint density at radius 3 is 1.80 bits per heavy atom. The molecule has 0 rings (SSSR count). The number of halogens is 1. The van der Waals surface area contributed by atoms with Crippen molar-refractivity contribution in [2.75, 3.05) is 0 Å². The van der Waals surface area contributed by atoms with Crippen LogP contribution in [0.2, 0.25) is 0 Å². The maximum absolute atomic E-state index is 9.35. The minimum atomic E-state index is 1.25. The van der Waals surface area contributed by atoms with Crippen LogP contribution in [0.25, 0.3) is 0 Å². The fourth-order valence-electron chi connectivity index (χ4n) is 0. The van der Waals surface area contributed by atoms with Gasteiger partial charge in [-0.05, 0) is 0 Å². The Kier molecular flexibility index (Phi) is 53.4. The van der Waals surface area contributed by atoms with E-state index in [1.54, 1.807) is 0 Å². The van der Waals surface area contributed by atoms with E-state index in [9.17, 15) is 3.22 Å². The van der Waals surface area contributed by atoms with E-state index in [4.69, 9.17) is 0 Å². The monoisotopic (exact) mass is 166 g/mol. The van der Waals surface area contributed by atoms with Crippen molar-refractivity contribution in [3.63, 3.8) is 0 Å². The Hall–Kier alpha value is 0.202. The maximum atomic E-state index is 9.35. The van der Waals surface area contributed by atoms with Crippen molar-refractivity contribution in [2.45, 2.75) is 0 Å². The Morgan fingerprint density at radius 2 is 1.80 bits per heavy atom. The van der Waals surface area contributed by atoms with Gasteiger partial charge in [0.25, 0.3) is 0 Å². The molecule has 0 aromatic heterocycles. The van der Waals surface area contributed by atoms with Crippen molar-refractivity contribution in [3.05, 3.63) is 19.6 Å². The van der Waals surface area contributed by atoms with Gasteiger partial charge in [0.1, 0.15) is 0 Å². The average Bonchev–Trinajstić information content (AvgIpc) is 1.46. The van der Waals surface area contributed by atoms with Crippen molar-refractivity contribution in [2.24, 2.45) is 0 Å². The summed E-state index contributed by atoms with van der Waals surface area (Å²) in [5.74, 6) is 0. The van der Waals surface area contributed by atoms with Gasteiger partial charge in [-0.2, -0.15) is 0 Å². The second kappa shape index (κ2) is 29.8. The van der Waals surface area contributed by atoms with Crippen LogP contribution in [0, 0.1) is 6.92 Å². The average molecular weight is 166 g/mol. The van der Waals surface area contributed by atoms with E-state index >= 15 is 0 Å². The van der Waals surface area contributed by atoms with Crippen LogP contribution in [-0.4, -0.2) is 0 Å². The summed E-state index contributed by atoms with van der Waals surface area (Å²) in [5.41, 5.74) is 0. The van der Waals surface area contributed by atoms with Crippen molar-refractivity contribution in [1.29, 1.82) is 0 Å². The molecule has 5 heavy (non-hydrogen) atoms. The molecular formula is C3H5FPd. The SMILES string of the molecule is C=C[CH2-].[F][Pd+]. The summed E-state index contributed by atoms with van der Waals surface area (Å²) in [6, 6.07) is 0. The van der Waals surface area contributed by atoms with Crippen LogP contribution in [0.3, 0.4) is 0 Å². The van der Waals surface area contributed by atoms with E-state index in [1.807, 2.05) is 0 Å². The first-order chi connectivity index (χ1) is 2.41. The van der Waals surface area contributed by atoms with Crippen LogP contribution < -0.4 is 0 Å². The van der Waals surface area contributed by atoms with Gasteiger partial charge in [0.2, 0.25) is 0 Å². The van der Waals surface area contributed by atoms with Crippen LogP contribution in [0.15, 0.2) is 12.7 Å². The Bertz CT molecular complexity index is 14.4. The zero-order chi connectivity index (χ0) is 4.71. The first-order valence-corrected chi connectivity index (χ1v) is 1.52. The second-order valence-corrected chi connectivity index (χ2v) is 0.289. The molecule has 0 saturated heterocycles. The molecule has 0 unspecified atom stereocenters. The predicted molar refractivity (Wildman–Crippen MR) is 16.7 cm³/mol. The molecule has 0 aromatic carbocycles. The third-order valence-electron chi connectivity index (χ3n) is 0. The third-order valence-corrected chi connectivity index (χ3v) is 0. The molecule has 0 amide bonds. The number of rotatable bonds is 0. The summed E-state index contributed by atoms with van der Waals surface area (Å²) in [6.07, 6.45) is 1.50. The summed E-state index contributed by atoms with van der Waals surface area (Å²) in [6.45, 7) is 6.50. The zero-order valence-corrected chi connectivity index (χ0v) is 4.24. The molecule has 0 N–H and O–H groups in total. The molecule has 0 aliphatic heterocycles. The molecule has 0 radical (unpaired) electrons. The van der Waals surface area contributed by atoms with Crippen molar-refractivity contribution in [3.8, 4) is 0 Å². The Labute approximate surface area is 43.1 Å². The van der Waals surface area contributed by atoms with Crippen LogP contribution in [0.5, 0.6) is 0 Å². The molecule has 0 aliphatic rings. The molecule has 0 bridgehead atoms. The van der Waals surface area contributed by atoms with E-state index in [-0.39, 0.29) is 0 Å². The number of hydrogen-bond donors (Lipinski definition) is 0. The Balaban J connectivity index is 0. The van der Waals surface area contributed by atoms with Gasteiger partial charge < -0.3 is 0 Å². The van der Waals surface area contributed by atoms with Gasteiger partial charge in [-0.3, -0.25) is 0 Å². The van der Waals surface area contributed by atoms with E-state index in [2.05, 4.69) is 13.5 Å². The van der Waals surface area contributed by atoms with Crippen LogP contribution in [-0.2, 0) is 19.7 Å². The molecule has 0 fully saturated rings. The molecule has 0 aromatic rings. The Morgan fingerprint density at radius 1 is 1.80 bits per heavy atom. The van der Waals surface area contributed by atoms with E-state index in [0.717, 1.165) is 0 Å². The van der Waals surface area contributed by atoms with Crippen molar-refractivity contribution >= 4 is 0 Å². The fourth-order valence-corrected chi connectivity index (χ4v) is 0. The molecule has 34 valence electrons. The minimum absolute atomic E-state index is 1.25. The second-order valence-electron chi connectivity index (χ2n) is 0.289. The van der Waals surface area contributed by atoms with E-state index < -0.39 is 0 Å².